The zero-order valence-corrected chi connectivity index (χ0v) is 17.9. The number of piperidine rings is 1. The Hall–Kier alpha value is -2.70. The zero-order valence-electron chi connectivity index (χ0n) is 17.9. The Morgan fingerprint density at radius 3 is 2.55 bits per heavy atom. The van der Waals surface area contributed by atoms with Crippen LogP contribution in [0.1, 0.15) is 56.2 Å². The van der Waals surface area contributed by atoms with E-state index in [1.165, 1.54) is 12.5 Å². The van der Waals surface area contributed by atoms with Crippen molar-refractivity contribution in [3.8, 4) is 11.6 Å². The molecule has 3 heterocycles. The van der Waals surface area contributed by atoms with Gasteiger partial charge in [0.05, 0.1) is 17.8 Å². The molecular formula is C24H29FN4O2. The summed E-state index contributed by atoms with van der Waals surface area (Å²) >= 11 is 0. The quantitative estimate of drug-likeness (QED) is 0.725. The van der Waals surface area contributed by atoms with Crippen molar-refractivity contribution in [1.29, 1.82) is 0 Å². The van der Waals surface area contributed by atoms with Gasteiger partial charge in [0.1, 0.15) is 0 Å². The van der Waals surface area contributed by atoms with E-state index in [1.54, 1.807) is 18.2 Å². The number of halogens is 1. The van der Waals surface area contributed by atoms with Gasteiger partial charge in [-0.1, -0.05) is 25.0 Å². The summed E-state index contributed by atoms with van der Waals surface area (Å²) in [6.07, 6.45) is 8.34. The van der Waals surface area contributed by atoms with Crippen LogP contribution in [0.4, 0.5) is 10.3 Å². The number of hydrogen-bond acceptors (Lipinski definition) is 5. The summed E-state index contributed by atoms with van der Waals surface area (Å²) in [5.74, 6) is 1.10. The Kier molecular flexibility index (Phi) is 5.74. The molecule has 7 heteroatoms. The van der Waals surface area contributed by atoms with Crippen LogP contribution in [0, 0.1) is 11.7 Å². The first-order chi connectivity index (χ1) is 15.2. The first-order valence-corrected chi connectivity index (χ1v) is 11.5. The minimum atomic E-state index is -0.427. The lowest BCUT2D eigenvalue weighted by Gasteiger charge is -2.33. The van der Waals surface area contributed by atoms with Gasteiger partial charge in [-0.05, 0) is 44.2 Å². The van der Waals surface area contributed by atoms with E-state index in [9.17, 15) is 9.18 Å². The maximum Gasteiger partial charge on any atom is 0.229 e. The minimum Gasteiger partial charge on any atom is -0.435 e. The highest BCUT2D eigenvalue weighted by molar-refractivity contribution is 5.79. The van der Waals surface area contributed by atoms with E-state index in [4.69, 9.17) is 14.7 Å². The van der Waals surface area contributed by atoms with E-state index < -0.39 is 5.82 Å². The predicted octanol–water partition coefficient (Wildman–Crippen LogP) is 4.47. The van der Waals surface area contributed by atoms with E-state index >= 15 is 0 Å². The average molecular weight is 425 g/mol. The van der Waals surface area contributed by atoms with E-state index in [0.29, 0.717) is 31.3 Å². The Labute approximate surface area is 182 Å². The van der Waals surface area contributed by atoms with Crippen LogP contribution in [-0.2, 0) is 17.8 Å². The molecule has 31 heavy (non-hydrogen) atoms. The third-order valence-corrected chi connectivity index (χ3v) is 6.71. The van der Waals surface area contributed by atoms with Gasteiger partial charge in [0.25, 0.3) is 0 Å². The summed E-state index contributed by atoms with van der Waals surface area (Å²) in [6, 6.07) is 6.37. The highest BCUT2D eigenvalue weighted by Crippen LogP contribution is 2.34. The fraction of sp³-hybridized carbons (Fsp3) is 0.542. The van der Waals surface area contributed by atoms with Gasteiger partial charge < -0.3 is 14.5 Å². The van der Waals surface area contributed by atoms with Crippen molar-refractivity contribution in [3.05, 3.63) is 41.3 Å². The van der Waals surface area contributed by atoms with Crippen molar-refractivity contribution in [1.82, 2.24) is 14.9 Å². The molecule has 0 N–H and O–H groups in total. The van der Waals surface area contributed by atoms with Gasteiger partial charge in [-0.15, -0.1) is 0 Å². The normalized spacial score (nSPS) is 19.4. The molecule has 1 saturated heterocycles. The van der Waals surface area contributed by atoms with Gasteiger partial charge in [-0.2, -0.15) is 4.98 Å². The number of fused-ring (bicyclic) bond motifs is 1. The number of carbonyl (C=O) groups excluding carboxylic acids is 1. The molecule has 1 aliphatic carbocycles. The molecule has 1 amide bonds. The van der Waals surface area contributed by atoms with E-state index in [2.05, 4.69) is 4.90 Å². The van der Waals surface area contributed by atoms with Gasteiger partial charge in [0.2, 0.25) is 17.7 Å². The van der Waals surface area contributed by atoms with E-state index in [1.807, 2.05) is 4.90 Å². The monoisotopic (exact) mass is 424 g/mol. The molecule has 2 fully saturated rings. The zero-order chi connectivity index (χ0) is 21.2. The summed E-state index contributed by atoms with van der Waals surface area (Å²) < 4.78 is 20.3. The summed E-state index contributed by atoms with van der Waals surface area (Å²) in [5, 5.41) is 0. The van der Waals surface area contributed by atoms with Crippen LogP contribution in [0.25, 0.3) is 0 Å². The van der Waals surface area contributed by atoms with Crippen molar-refractivity contribution in [3.63, 3.8) is 0 Å². The molecule has 6 nitrogen and oxygen atoms in total. The largest absolute Gasteiger partial charge is 0.435 e. The van der Waals surface area contributed by atoms with Gasteiger partial charge in [0.15, 0.2) is 11.6 Å². The van der Waals surface area contributed by atoms with Gasteiger partial charge in [-0.25, -0.2) is 9.37 Å². The number of benzene rings is 1. The third-order valence-electron chi connectivity index (χ3n) is 6.71. The summed E-state index contributed by atoms with van der Waals surface area (Å²) in [7, 11) is 0. The Morgan fingerprint density at radius 1 is 1.00 bits per heavy atom. The number of rotatable bonds is 4. The predicted molar refractivity (Wildman–Crippen MR) is 116 cm³/mol. The number of anilines is 1. The van der Waals surface area contributed by atoms with Crippen LogP contribution >= 0.6 is 0 Å². The van der Waals surface area contributed by atoms with Crippen LogP contribution in [0.15, 0.2) is 24.3 Å². The summed E-state index contributed by atoms with van der Waals surface area (Å²) in [5.41, 5.74) is 1.72. The molecule has 0 bridgehead atoms. The molecular weight excluding hydrogens is 395 g/mol. The first kappa shape index (κ1) is 20.2. The fourth-order valence-corrected chi connectivity index (χ4v) is 4.94. The van der Waals surface area contributed by atoms with Crippen LogP contribution in [0.5, 0.6) is 11.6 Å². The summed E-state index contributed by atoms with van der Waals surface area (Å²) in [6.45, 7) is 2.93. The second-order valence-corrected chi connectivity index (χ2v) is 8.83. The van der Waals surface area contributed by atoms with Crippen molar-refractivity contribution in [2.45, 2.75) is 57.9 Å². The van der Waals surface area contributed by atoms with Crippen molar-refractivity contribution >= 4 is 11.9 Å². The molecule has 3 aliphatic rings. The number of nitrogens with zero attached hydrogens (tertiary/aromatic N) is 4. The lowest BCUT2D eigenvalue weighted by Crippen LogP contribution is -2.40. The molecule has 0 spiro atoms. The summed E-state index contributed by atoms with van der Waals surface area (Å²) in [4.78, 5) is 26.7. The third kappa shape index (κ3) is 4.23. The minimum absolute atomic E-state index is 0.131. The standard InChI is InChI=1S/C24H29FN4O2/c25-19-10-4-5-11-21(19)31-22-18-16-29(23(30)17-8-2-3-9-17)15-12-20(18)26-24(27-22)28-13-6-1-7-14-28/h4-5,10-11,17H,1-3,6-9,12-16H2. The number of hydrogen-bond donors (Lipinski definition) is 0. The lowest BCUT2D eigenvalue weighted by atomic mass is 10.0. The maximum absolute atomic E-state index is 14.3. The van der Waals surface area contributed by atoms with E-state index in [-0.39, 0.29) is 17.6 Å². The molecule has 1 aromatic carbocycles. The van der Waals surface area contributed by atoms with Crippen molar-refractivity contribution in [2.75, 3.05) is 24.5 Å². The van der Waals surface area contributed by atoms with E-state index in [0.717, 1.165) is 62.9 Å². The highest BCUT2D eigenvalue weighted by Gasteiger charge is 2.32. The Bertz CT molecular complexity index is 955. The molecule has 2 aliphatic heterocycles. The lowest BCUT2D eigenvalue weighted by molar-refractivity contribution is -0.136. The number of aromatic nitrogens is 2. The second kappa shape index (κ2) is 8.81. The molecule has 5 rings (SSSR count). The highest BCUT2D eigenvalue weighted by atomic mass is 19.1. The van der Waals surface area contributed by atoms with Crippen LogP contribution in [0.3, 0.4) is 0 Å². The Balaban J connectivity index is 1.47. The molecule has 1 aromatic heterocycles. The number of para-hydroxylation sites is 1. The first-order valence-electron chi connectivity index (χ1n) is 11.5. The SMILES string of the molecule is O=C(C1CCCC1)N1CCc2nc(N3CCCCC3)nc(Oc3ccccc3F)c2C1. The number of amides is 1. The molecule has 0 atom stereocenters. The average Bonchev–Trinajstić information content (AvgIpc) is 3.35. The number of ether oxygens (including phenoxy) is 1. The van der Waals surface area contributed by atoms with Gasteiger partial charge >= 0.3 is 0 Å². The maximum atomic E-state index is 14.3. The smallest absolute Gasteiger partial charge is 0.229 e. The molecule has 0 radical (unpaired) electrons. The topological polar surface area (TPSA) is 58.6 Å². The van der Waals surface area contributed by atoms with Crippen LogP contribution in [-0.4, -0.2) is 40.4 Å². The van der Waals surface area contributed by atoms with Gasteiger partial charge in [-0.3, -0.25) is 4.79 Å². The molecule has 1 saturated carbocycles. The van der Waals surface area contributed by atoms with Crippen LogP contribution < -0.4 is 9.64 Å². The van der Waals surface area contributed by atoms with Crippen molar-refractivity contribution in [2.24, 2.45) is 5.92 Å². The molecule has 164 valence electrons. The van der Waals surface area contributed by atoms with Gasteiger partial charge in [0, 0.05) is 32.0 Å². The fourth-order valence-electron chi connectivity index (χ4n) is 4.94. The van der Waals surface area contributed by atoms with Crippen LogP contribution in [0.2, 0.25) is 0 Å². The Morgan fingerprint density at radius 2 is 1.77 bits per heavy atom. The number of carbonyl (C=O) groups is 1. The van der Waals surface area contributed by atoms with Crippen molar-refractivity contribution < 1.29 is 13.9 Å². The molecule has 0 unspecified atom stereocenters. The molecule has 2 aromatic rings. The second-order valence-electron chi connectivity index (χ2n) is 8.83.